The average Bonchev–Trinajstić information content (AvgIpc) is 3.74. The van der Waals surface area contributed by atoms with Gasteiger partial charge in [-0.25, -0.2) is 19.3 Å². The number of carbonyl (C=O) groups excluding carboxylic acids is 1. The number of rotatable bonds is 6. The van der Waals surface area contributed by atoms with Crippen molar-refractivity contribution in [1.82, 2.24) is 40.1 Å². The lowest BCUT2D eigenvalue weighted by Crippen LogP contribution is -2.45. The van der Waals surface area contributed by atoms with Crippen molar-refractivity contribution in [3.8, 4) is 5.69 Å². The molecule has 1 aliphatic heterocycles. The van der Waals surface area contributed by atoms with Gasteiger partial charge in [0.25, 0.3) is 0 Å². The number of hydrogen-bond donors (Lipinski definition) is 3. The third-order valence-corrected chi connectivity index (χ3v) is 8.02. The summed E-state index contributed by atoms with van der Waals surface area (Å²) in [6.07, 6.45) is 7.00. The highest BCUT2D eigenvalue weighted by Gasteiger charge is 2.41. The van der Waals surface area contributed by atoms with Crippen molar-refractivity contribution >= 4 is 27.8 Å². The van der Waals surface area contributed by atoms with E-state index in [0.717, 1.165) is 27.0 Å². The number of ether oxygens (including phenoxy) is 1. The summed E-state index contributed by atoms with van der Waals surface area (Å²) in [5.41, 5.74) is 1.88. The van der Waals surface area contributed by atoms with Crippen LogP contribution in [-0.2, 0) is 4.74 Å². The molecule has 4 heterocycles. The van der Waals surface area contributed by atoms with Crippen LogP contribution in [0.4, 0.5) is 0 Å². The molecule has 4 aromatic rings. The smallest absolute Gasteiger partial charge is 0.171 e. The molecular weight excluding hydrogens is 508 g/mol. The summed E-state index contributed by atoms with van der Waals surface area (Å²) in [4.78, 5) is 19.9. The number of carbonyl (C=O) groups is 1. The molecule has 4 unspecified atom stereocenters. The van der Waals surface area contributed by atoms with Gasteiger partial charge in [0.05, 0.1) is 39.8 Å². The predicted molar refractivity (Wildman–Crippen MR) is 140 cm³/mol. The second-order valence-electron chi connectivity index (χ2n) is 9.57. The van der Waals surface area contributed by atoms with Gasteiger partial charge >= 0.3 is 0 Å². The molecule has 1 aromatic carbocycles. The van der Waals surface area contributed by atoms with Crippen molar-refractivity contribution in [3.05, 3.63) is 47.2 Å². The number of aromatic nitrogens is 7. The summed E-state index contributed by atoms with van der Waals surface area (Å²) in [7, 11) is 2.05. The molecule has 2 aliphatic rings. The molecule has 4 atom stereocenters. The molecule has 0 bridgehead atoms. The molecule has 1 saturated heterocycles. The van der Waals surface area contributed by atoms with Crippen LogP contribution in [0.1, 0.15) is 65.6 Å². The molecule has 1 aliphatic carbocycles. The summed E-state index contributed by atoms with van der Waals surface area (Å²) < 4.78 is 10.1. The van der Waals surface area contributed by atoms with Gasteiger partial charge in [-0.2, -0.15) is 5.10 Å². The topological polar surface area (TPSA) is 153 Å². The Balaban J connectivity index is 0.000000366. The highest BCUT2D eigenvalue weighted by atomic mass is 32.1. The summed E-state index contributed by atoms with van der Waals surface area (Å²) >= 11 is 1.59. The molecule has 0 amide bonds. The summed E-state index contributed by atoms with van der Waals surface area (Å²) in [6.45, 7) is 1.57. The minimum absolute atomic E-state index is 0.159. The zero-order valence-corrected chi connectivity index (χ0v) is 22.2. The fraction of sp³-hybridized carbons (Fsp3) is 0.520. The molecule has 3 aromatic heterocycles. The zero-order chi connectivity index (χ0) is 26.6. The van der Waals surface area contributed by atoms with Crippen LogP contribution < -0.4 is 5.32 Å². The lowest BCUT2D eigenvalue weighted by molar-refractivity contribution is -0.161. The predicted octanol–water partition coefficient (Wildman–Crippen LogP) is 2.16. The zero-order valence-electron chi connectivity index (χ0n) is 21.3. The first kappa shape index (κ1) is 26.5. The number of thiazole rings is 1. The van der Waals surface area contributed by atoms with Crippen molar-refractivity contribution in [1.29, 1.82) is 0 Å². The van der Waals surface area contributed by atoms with Crippen molar-refractivity contribution in [2.45, 2.75) is 69.4 Å². The maximum atomic E-state index is 11.0. The van der Waals surface area contributed by atoms with Crippen LogP contribution in [0.25, 0.3) is 15.9 Å². The number of aliphatic hydroxyl groups excluding tert-OH is 2. The Labute approximate surface area is 223 Å². The summed E-state index contributed by atoms with van der Waals surface area (Å²) in [5.74, 6) is 0.534. The molecule has 12 nitrogen and oxygen atoms in total. The van der Waals surface area contributed by atoms with E-state index in [4.69, 9.17) is 4.74 Å². The molecule has 38 heavy (non-hydrogen) atoms. The van der Waals surface area contributed by atoms with Crippen molar-refractivity contribution in [3.63, 3.8) is 0 Å². The molecule has 1 saturated carbocycles. The normalized spacial score (nSPS) is 23.9. The summed E-state index contributed by atoms with van der Waals surface area (Å²) in [6, 6.07) is 6.12. The molecule has 2 fully saturated rings. The number of benzene rings is 1. The highest BCUT2D eigenvalue weighted by Crippen LogP contribution is 2.37. The first-order chi connectivity index (χ1) is 18.5. The van der Waals surface area contributed by atoms with Gasteiger partial charge < -0.3 is 20.3 Å². The van der Waals surface area contributed by atoms with Crippen molar-refractivity contribution < 1.29 is 19.7 Å². The number of nitrogens with zero attached hydrogens (tertiary/aromatic N) is 7. The molecule has 3 N–H and O–H groups in total. The van der Waals surface area contributed by atoms with Gasteiger partial charge in [0.2, 0.25) is 0 Å². The Morgan fingerprint density at radius 2 is 2.11 bits per heavy atom. The monoisotopic (exact) mass is 540 g/mol. The van der Waals surface area contributed by atoms with E-state index in [0.29, 0.717) is 18.5 Å². The first-order valence-corrected chi connectivity index (χ1v) is 13.6. The van der Waals surface area contributed by atoms with Crippen molar-refractivity contribution in [2.24, 2.45) is 0 Å². The maximum absolute atomic E-state index is 11.0. The summed E-state index contributed by atoms with van der Waals surface area (Å²) in [5, 5.41) is 36.8. The first-order valence-electron chi connectivity index (χ1n) is 12.8. The Bertz CT molecular complexity index is 1360. The minimum Gasteiger partial charge on any atom is -0.394 e. The molecule has 6 rings (SSSR count). The third kappa shape index (κ3) is 5.52. The third-order valence-electron chi connectivity index (χ3n) is 7.09. The van der Waals surface area contributed by atoms with Crippen LogP contribution >= 0.6 is 11.3 Å². The average molecular weight is 541 g/mol. The maximum Gasteiger partial charge on any atom is 0.171 e. The van der Waals surface area contributed by atoms with Gasteiger partial charge in [-0.15, -0.1) is 16.4 Å². The van der Waals surface area contributed by atoms with Gasteiger partial charge in [0.1, 0.15) is 30.3 Å². The van der Waals surface area contributed by atoms with Crippen LogP contribution in [0.15, 0.2) is 30.7 Å². The van der Waals surface area contributed by atoms with E-state index in [9.17, 15) is 15.0 Å². The highest BCUT2D eigenvalue weighted by molar-refractivity contribution is 7.18. The molecule has 0 radical (unpaired) electrons. The lowest BCUT2D eigenvalue weighted by atomic mass is 9.95. The van der Waals surface area contributed by atoms with E-state index in [1.165, 1.54) is 42.9 Å². The molecule has 202 valence electrons. The van der Waals surface area contributed by atoms with Crippen LogP contribution in [0.3, 0.4) is 0 Å². The molecule has 0 spiro atoms. The van der Waals surface area contributed by atoms with Crippen LogP contribution in [-0.4, -0.2) is 83.1 Å². The Morgan fingerprint density at radius 3 is 2.79 bits per heavy atom. The largest absolute Gasteiger partial charge is 0.394 e. The Hall–Kier alpha value is -3.10. The van der Waals surface area contributed by atoms with E-state index >= 15 is 0 Å². The number of aldehydes is 1. The number of fused-ring (bicyclic) bond motifs is 1. The number of hydrogen-bond acceptors (Lipinski definition) is 11. The molecule has 13 heteroatoms. The van der Waals surface area contributed by atoms with E-state index < -0.39 is 24.4 Å². The second-order valence-corrected chi connectivity index (χ2v) is 10.8. The quantitative estimate of drug-likeness (QED) is 0.310. The van der Waals surface area contributed by atoms with Crippen LogP contribution in [0.2, 0.25) is 0 Å². The second kappa shape index (κ2) is 11.7. The van der Waals surface area contributed by atoms with Crippen molar-refractivity contribution in [2.75, 3.05) is 13.7 Å². The van der Waals surface area contributed by atoms with Gasteiger partial charge in [-0.1, -0.05) is 18.1 Å². The fourth-order valence-corrected chi connectivity index (χ4v) is 5.95. The number of nitrogens with one attached hydrogen (secondary N) is 1. The Morgan fingerprint density at radius 1 is 1.29 bits per heavy atom. The van der Waals surface area contributed by atoms with E-state index in [1.54, 1.807) is 16.0 Å². The van der Waals surface area contributed by atoms with E-state index in [1.807, 2.05) is 25.1 Å². The van der Waals surface area contributed by atoms with Gasteiger partial charge in [0.15, 0.2) is 12.1 Å². The SMILES string of the molecule is CNC1CCCC1.Cc1nc2ccc(-n3ncnc3C3CC(n4cc(C=O)nn4)C(O)C(CO)O3)cc2s1. The number of aliphatic hydroxyl groups is 2. The van der Waals surface area contributed by atoms with Gasteiger partial charge in [0, 0.05) is 12.5 Å². The number of aryl methyl sites for hydroxylation is 1. The lowest BCUT2D eigenvalue weighted by Gasteiger charge is -2.38. The minimum atomic E-state index is -1.03. The van der Waals surface area contributed by atoms with Gasteiger partial charge in [-0.3, -0.25) is 4.79 Å². The Kier molecular flexibility index (Phi) is 8.19. The van der Waals surface area contributed by atoms with Crippen LogP contribution in [0.5, 0.6) is 0 Å². The standard InChI is InChI=1S/C19H19N7O4S.C6H13N/c1-10-22-13-3-2-12(4-17(13)31-10)26-19(20-9-21-26)15-5-14(18(29)16(8-28)30-15)25-6-11(7-27)23-24-25;1-7-6-4-2-3-5-6/h2-4,6-7,9,14-16,18,28-29H,5,8H2,1H3;6-7H,2-5H2,1H3. The van der Waals surface area contributed by atoms with Crippen LogP contribution in [0, 0.1) is 6.92 Å². The fourth-order valence-electron chi connectivity index (χ4n) is 5.09. The van der Waals surface area contributed by atoms with Gasteiger partial charge in [-0.05, 0) is 45.0 Å². The van der Waals surface area contributed by atoms with E-state index in [-0.39, 0.29) is 12.3 Å². The van der Waals surface area contributed by atoms with E-state index in [2.05, 4.69) is 37.7 Å². The molecular formula is C25H32N8O4S.